The molecule has 144 valence electrons. The van der Waals surface area contributed by atoms with E-state index in [1.807, 2.05) is 0 Å². The second-order valence-electron chi connectivity index (χ2n) is 6.32. The molecule has 1 aromatic heterocycles. The Hall–Kier alpha value is -2.13. The van der Waals surface area contributed by atoms with Crippen LogP contribution in [0.1, 0.15) is 23.7 Å². The van der Waals surface area contributed by atoms with Crippen molar-refractivity contribution in [3.8, 4) is 0 Å². The lowest BCUT2D eigenvalue weighted by Crippen LogP contribution is -2.39. The fourth-order valence-corrected chi connectivity index (χ4v) is 3.21. The van der Waals surface area contributed by atoms with E-state index < -0.39 is 23.8 Å². The maximum Gasteiger partial charge on any atom is 0.417 e. The quantitative estimate of drug-likeness (QED) is 0.760. The summed E-state index contributed by atoms with van der Waals surface area (Å²) in [5.41, 5.74) is 0.0146. The number of hydrogen-bond acceptors (Lipinski definition) is 4. The first-order valence-electron chi connectivity index (χ1n) is 8.25. The molecule has 1 aromatic carbocycles. The number of aromatic nitrogens is 1. The van der Waals surface area contributed by atoms with Crippen LogP contribution in [0, 0.1) is 0 Å². The normalized spacial score (nSPS) is 18.4. The first kappa shape index (κ1) is 19.6. The number of aliphatic hydroxyl groups is 1. The van der Waals surface area contributed by atoms with Crippen LogP contribution in [0.15, 0.2) is 47.2 Å². The zero-order chi connectivity index (χ0) is 19.6. The SMILES string of the molecule is O=C(N[C@@H]1CCN(c2cncc(C(F)(F)F)c2)C1)[C@H](O)c1ccc(Br)cc1. The number of anilines is 1. The highest BCUT2D eigenvalue weighted by molar-refractivity contribution is 9.10. The predicted octanol–water partition coefficient (Wildman–Crippen LogP) is 3.29. The van der Waals surface area contributed by atoms with Gasteiger partial charge in [-0.2, -0.15) is 13.2 Å². The topological polar surface area (TPSA) is 65.5 Å². The number of benzene rings is 1. The number of carbonyl (C=O) groups excluding carboxylic acids is 1. The number of amides is 1. The summed E-state index contributed by atoms with van der Waals surface area (Å²) in [5.74, 6) is -0.536. The summed E-state index contributed by atoms with van der Waals surface area (Å²) < 4.78 is 39.3. The van der Waals surface area contributed by atoms with Gasteiger partial charge in [0.15, 0.2) is 6.10 Å². The van der Waals surface area contributed by atoms with Crippen molar-refractivity contribution in [1.82, 2.24) is 10.3 Å². The van der Waals surface area contributed by atoms with E-state index in [4.69, 9.17) is 0 Å². The van der Waals surface area contributed by atoms with E-state index in [0.717, 1.165) is 16.7 Å². The molecule has 0 saturated carbocycles. The molecule has 2 heterocycles. The van der Waals surface area contributed by atoms with Crippen molar-refractivity contribution < 1.29 is 23.1 Å². The molecule has 0 radical (unpaired) electrons. The van der Waals surface area contributed by atoms with E-state index in [2.05, 4.69) is 26.2 Å². The lowest BCUT2D eigenvalue weighted by molar-refractivity contribution is -0.137. The van der Waals surface area contributed by atoms with Crippen molar-refractivity contribution in [2.24, 2.45) is 0 Å². The number of aliphatic hydroxyl groups excluding tert-OH is 1. The van der Waals surface area contributed by atoms with E-state index in [9.17, 15) is 23.1 Å². The molecule has 1 saturated heterocycles. The van der Waals surface area contributed by atoms with E-state index in [0.29, 0.717) is 30.8 Å². The van der Waals surface area contributed by atoms with Gasteiger partial charge in [-0.1, -0.05) is 28.1 Å². The molecule has 0 spiro atoms. The molecule has 1 amide bonds. The van der Waals surface area contributed by atoms with Gasteiger partial charge in [0, 0.05) is 29.8 Å². The molecular weight excluding hydrogens is 427 g/mol. The Balaban J connectivity index is 1.61. The fourth-order valence-electron chi connectivity index (χ4n) is 2.94. The van der Waals surface area contributed by atoms with Crippen LogP contribution < -0.4 is 10.2 Å². The molecule has 1 aliphatic rings. The molecule has 1 aliphatic heterocycles. The Kier molecular flexibility index (Phi) is 5.71. The molecule has 9 heteroatoms. The number of nitrogens with one attached hydrogen (secondary N) is 1. The molecule has 2 N–H and O–H groups in total. The van der Waals surface area contributed by atoms with E-state index in [-0.39, 0.29) is 6.04 Å². The van der Waals surface area contributed by atoms with E-state index in [1.54, 1.807) is 29.2 Å². The van der Waals surface area contributed by atoms with E-state index >= 15 is 0 Å². The van der Waals surface area contributed by atoms with Crippen LogP contribution in [0.3, 0.4) is 0 Å². The Morgan fingerprint density at radius 1 is 1.30 bits per heavy atom. The molecule has 2 atom stereocenters. The molecule has 3 rings (SSSR count). The Morgan fingerprint density at radius 2 is 2.00 bits per heavy atom. The van der Waals surface area contributed by atoms with Gasteiger partial charge in [0.1, 0.15) is 0 Å². The smallest absolute Gasteiger partial charge is 0.378 e. The average Bonchev–Trinajstić information content (AvgIpc) is 3.09. The van der Waals surface area contributed by atoms with Crippen LogP contribution in [-0.2, 0) is 11.0 Å². The number of halogens is 4. The summed E-state index contributed by atoms with van der Waals surface area (Å²) in [6.07, 6.45) is -3.04. The summed E-state index contributed by atoms with van der Waals surface area (Å²) in [4.78, 5) is 17.7. The van der Waals surface area contributed by atoms with Crippen LogP contribution in [0.25, 0.3) is 0 Å². The molecule has 0 aliphatic carbocycles. The molecular formula is C18H17BrF3N3O2. The summed E-state index contributed by atoms with van der Waals surface area (Å²) in [7, 11) is 0. The number of rotatable bonds is 4. The van der Waals surface area contributed by atoms with Crippen LogP contribution >= 0.6 is 15.9 Å². The maximum absolute atomic E-state index is 12.8. The molecule has 0 bridgehead atoms. The van der Waals surface area contributed by atoms with Crippen molar-refractivity contribution >= 4 is 27.5 Å². The van der Waals surface area contributed by atoms with Gasteiger partial charge in [0.05, 0.1) is 17.4 Å². The highest BCUT2D eigenvalue weighted by Gasteiger charge is 2.33. The largest absolute Gasteiger partial charge is 0.417 e. The first-order chi connectivity index (χ1) is 12.7. The van der Waals surface area contributed by atoms with Gasteiger partial charge in [-0.3, -0.25) is 9.78 Å². The lowest BCUT2D eigenvalue weighted by Gasteiger charge is -2.20. The van der Waals surface area contributed by atoms with Gasteiger partial charge >= 0.3 is 6.18 Å². The highest BCUT2D eigenvalue weighted by Crippen LogP contribution is 2.31. The monoisotopic (exact) mass is 443 g/mol. The summed E-state index contributed by atoms with van der Waals surface area (Å²) in [6, 6.07) is 7.52. The zero-order valence-electron chi connectivity index (χ0n) is 14.1. The second-order valence-corrected chi connectivity index (χ2v) is 7.24. The van der Waals surface area contributed by atoms with Gasteiger partial charge in [-0.15, -0.1) is 0 Å². The van der Waals surface area contributed by atoms with Gasteiger partial charge in [0.25, 0.3) is 5.91 Å². The molecule has 1 fully saturated rings. The molecule has 27 heavy (non-hydrogen) atoms. The van der Waals surface area contributed by atoms with Crippen LogP contribution in [0.4, 0.5) is 18.9 Å². The van der Waals surface area contributed by atoms with Crippen molar-refractivity contribution in [1.29, 1.82) is 0 Å². The lowest BCUT2D eigenvalue weighted by atomic mass is 10.1. The number of nitrogens with zero attached hydrogens (tertiary/aromatic N) is 2. The van der Waals surface area contributed by atoms with Crippen molar-refractivity contribution in [2.45, 2.75) is 24.7 Å². The van der Waals surface area contributed by atoms with Gasteiger partial charge < -0.3 is 15.3 Å². The third-order valence-electron chi connectivity index (χ3n) is 4.39. The predicted molar refractivity (Wildman–Crippen MR) is 97.1 cm³/mol. The number of pyridine rings is 1. The van der Waals surface area contributed by atoms with Crippen molar-refractivity contribution in [3.05, 3.63) is 58.3 Å². The third kappa shape index (κ3) is 4.78. The Morgan fingerprint density at radius 3 is 2.67 bits per heavy atom. The second kappa shape index (κ2) is 7.85. The molecule has 0 unspecified atom stereocenters. The van der Waals surface area contributed by atoms with Gasteiger partial charge in [-0.25, -0.2) is 0 Å². The summed E-state index contributed by atoms with van der Waals surface area (Å²) in [6.45, 7) is 0.837. The zero-order valence-corrected chi connectivity index (χ0v) is 15.7. The Labute approximate surface area is 162 Å². The minimum Gasteiger partial charge on any atom is -0.378 e. The average molecular weight is 444 g/mol. The fraction of sp³-hybridized carbons (Fsp3) is 0.333. The van der Waals surface area contributed by atoms with Crippen molar-refractivity contribution in [2.75, 3.05) is 18.0 Å². The number of hydrogen-bond donors (Lipinski definition) is 2. The highest BCUT2D eigenvalue weighted by atomic mass is 79.9. The van der Waals surface area contributed by atoms with Crippen molar-refractivity contribution in [3.63, 3.8) is 0 Å². The Bertz CT molecular complexity index is 814. The summed E-state index contributed by atoms with van der Waals surface area (Å²) >= 11 is 3.29. The third-order valence-corrected chi connectivity index (χ3v) is 4.91. The maximum atomic E-state index is 12.8. The van der Waals surface area contributed by atoms with E-state index in [1.165, 1.54) is 6.20 Å². The minimum absolute atomic E-state index is 0.267. The first-order valence-corrected chi connectivity index (χ1v) is 9.04. The van der Waals surface area contributed by atoms with Crippen LogP contribution in [0.2, 0.25) is 0 Å². The minimum atomic E-state index is -4.45. The van der Waals surface area contributed by atoms with Crippen LogP contribution in [0.5, 0.6) is 0 Å². The molecule has 2 aromatic rings. The van der Waals surface area contributed by atoms with Crippen LogP contribution in [-0.4, -0.2) is 35.1 Å². The van der Waals surface area contributed by atoms with Gasteiger partial charge in [0.2, 0.25) is 0 Å². The van der Waals surface area contributed by atoms with Gasteiger partial charge in [-0.05, 0) is 30.2 Å². The number of alkyl halides is 3. The standard InChI is InChI=1S/C18H17BrF3N3O2/c19-13-3-1-11(2-4-13)16(26)17(27)24-14-5-6-25(10-14)15-7-12(8-23-9-15)18(20,21)22/h1-4,7-9,14,16,26H,5-6,10H2,(H,24,27)/t14-,16-/m1/s1. The number of carbonyl (C=O) groups is 1. The summed E-state index contributed by atoms with van der Waals surface area (Å²) in [5, 5.41) is 12.9. The molecule has 5 nitrogen and oxygen atoms in total.